The molecule has 0 radical (unpaired) electrons. The third-order valence-corrected chi connectivity index (χ3v) is 4.15. The molecule has 0 unspecified atom stereocenters. The van der Waals surface area contributed by atoms with Gasteiger partial charge in [-0.3, -0.25) is 4.79 Å². The van der Waals surface area contributed by atoms with Gasteiger partial charge in [-0.2, -0.15) is 5.26 Å². The van der Waals surface area contributed by atoms with Crippen molar-refractivity contribution in [3.05, 3.63) is 46.2 Å². The number of nitrogens with zero attached hydrogens (tertiary/aromatic N) is 2. The largest absolute Gasteiger partial charge is 0.301 e. The number of thiazole rings is 1. The first-order valence-corrected chi connectivity index (χ1v) is 7.56. The van der Waals surface area contributed by atoms with E-state index in [1.165, 1.54) is 17.4 Å². The molecule has 0 aliphatic carbocycles. The Balaban J connectivity index is 2.07. The molecule has 0 atom stereocenters. The SMILES string of the molecule is Cc1ccc(Cc2cnc(NC(=O)C(C)(C)C#N)s2)cc1F. The minimum Gasteiger partial charge on any atom is -0.301 e. The van der Waals surface area contributed by atoms with Gasteiger partial charge in [0, 0.05) is 17.5 Å². The molecule has 1 aromatic heterocycles. The smallest absolute Gasteiger partial charge is 0.246 e. The van der Waals surface area contributed by atoms with Gasteiger partial charge < -0.3 is 5.32 Å². The van der Waals surface area contributed by atoms with Gasteiger partial charge in [0.05, 0.1) is 6.07 Å². The van der Waals surface area contributed by atoms with Crippen LogP contribution in [-0.4, -0.2) is 10.9 Å². The summed E-state index contributed by atoms with van der Waals surface area (Å²) in [6.45, 7) is 4.81. The van der Waals surface area contributed by atoms with E-state index in [2.05, 4.69) is 10.3 Å². The topological polar surface area (TPSA) is 65.8 Å². The number of anilines is 1. The van der Waals surface area contributed by atoms with Crippen LogP contribution >= 0.6 is 11.3 Å². The van der Waals surface area contributed by atoms with Gasteiger partial charge in [-0.05, 0) is 38.0 Å². The zero-order valence-corrected chi connectivity index (χ0v) is 13.4. The molecule has 1 heterocycles. The predicted molar refractivity (Wildman–Crippen MR) is 84.1 cm³/mol. The molecule has 0 saturated heterocycles. The number of carbonyl (C=O) groups excluding carboxylic acids is 1. The minimum absolute atomic E-state index is 0.230. The summed E-state index contributed by atoms with van der Waals surface area (Å²) in [5.41, 5.74) is 0.355. The average molecular weight is 317 g/mol. The van der Waals surface area contributed by atoms with E-state index < -0.39 is 11.3 Å². The lowest BCUT2D eigenvalue weighted by Gasteiger charge is -2.12. The van der Waals surface area contributed by atoms with Crippen LogP contribution in [0.15, 0.2) is 24.4 Å². The van der Waals surface area contributed by atoms with Crippen LogP contribution in [0, 0.1) is 29.5 Å². The number of nitriles is 1. The van der Waals surface area contributed by atoms with Crippen molar-refractivity contribution in [2.24, 2.45) is 5.41 Å². The van der Waals surface area contributed by atoms with Crippen molar-refractivity contribution in [1.82, 2.24) is 4.98 Å². The van der Waals surface area contributed by atoms with Gasteiger partial charge in [-0.15, -0.1) is 11.3 Å². The van der Waals surface area contributed by atoms with E-state index in [9.17, 15) is 9.18 Å². The number of rotatable bonds is 4. The summed E-state index contributed by atoms with van der Waals surface area (Å²) >= 11 is 1.32. The summed E-state index contributed by atoms with van der Waals surface area (Å²) in [6.07, 6.45) is 2.20. The van der Waals surface area contributed by atoms with Gasteiger partial charge in [0.15, 0.2) is 5.13 Å². The number of aromatic nitrogens is 1. The quantitative estimate of drug-likeness (QED) is 0.935. The molecule has 2 aromatic rings. The summed E-state index contributed by atoms with van der Waals surface area (Å²) < 4.78 is 13.5. The Hall–Kier alpha value is -2.26. The Morgan fingerprint density at radius 1 is 1.50 bits per heavy atom. The average Bonchev–Trinajstić information content (AvgIpc) is 2.90. The van der Waals surface area contributed by atoms with Crippen molar-refractivity contribution in [2.45, 2.75) is 27.2 Å². The molecule has 0 aliphatic heterocycles. The first kappa shape index (κ1) is 16.1. The Morgan fingerprint density at radius 2 is 2.23 bits per heavy atom. The maximum atomic E-state index is 13.5. The van der Waals surface area contributed by atoms with Crippen LogP contribution in [0.25, 0.3) is 0 Å². The molecule has 114 valence electrons. The number of benzene rings is 1. The van der Waals surface area contributed by atoms with Crippen LogP contribution in [0.1, 0.15) is 29.9 Å². The number of nitrogens with one attached hydrogen (secondary N) is 1. The molecule has 4 nitrogen and oxygen atoms in total. The van der Waals surface area contributed by atoms with E-state index in [0.29, 0.717) is 17.1 Å². The van der Waals surface area contributed by atoms with E-state index in [1.54, 1.807) is 33.0 Å². The standard InChI is InChI=1S/C16H16FN3OS/c1-10-4-5-11(7-13(10)17)6-12-8-19-15(22-12)20-14(21)16(2,3)9-18/h4-5,7-8H,6H2,1-3H3,(H,19,20,21). The molecule has 2 rings (SSSR count). The molecule has 1 amide bonds. The fraction of sp³-hybridized carbons (Fsp3) is 0.312. The number of hydrogen-bond donors (Lipinski definition) is 1. The zero-order valence-electron chi connectivity index (χ0n) is 12.6. The van der Waals surface area contributed by atoms with Crippen molar-refractivity contribution in [2.75, 3.05) is 5.32 Å². The fourth-order valence-corrected chi connectivity index (χ4v) is 2.54. The highest BCUT2D eigenvalue weighted by atomic mass is 32.1. The highest BCUT2D eigenvalue weighted by Gasteiger charge is 2.27. The number of carbonyl (C=O) groups is 1. The first-order valence-electron chi connectivity index (χ1n) is 6.74. The highest BCUT2D eigenvalue weighted by molar-refractivity contribution is 7.15. The van der Waals surface area contributed by atoms with Gasteiger partial charge in [-0.25, -0.2) is 9.37 Å². The van der Waals surface area contributed by atoms with Crippen molar-refractivity contribution in [1.29, 1.82) is 5.26 Å². The predicted octanol–water partition coefficient (Wildman–Crippen LogP) is 3.67. The summed E-state index contributed by atoms with van der Waals surface area (Å²) in [5.74, 6) is -0.622. The first-order chi connectivity index (χ1) is 10.3. The maximum absolute atomic E-state index is 13.5. The summed E-state index contributed by atoms with van der Waals surface area (Å²) in [7, 11) is 0. The molecule has 1 N–H and O–H groups in total. The molecule has 0 spiro atoms. The van der Waals surface area contributed by atoms with Crippen LogP contribution in [0.4, 0.5) is 9.52 Å². The minimum atomic E-state index is -1.11. The van der Waals surface area contributed by atoms with Crippen LogP contribution in [0.2, 0.25) is 0 Å². The zero-order chi connectivity index (χ0) is 16.3. The maximum Gasteiger partial charge on any atom is 0.246 e. The van der Waals surface area contributed by atoms with Crippen molar-refractivity contribution in [3.63, 3.8) is 0 Å². The molecule has 1 aromatic carbocycles. The summed E-state index contributed by atoms with van der Waals surface area (Å²) in [6, 6.07) is 7.06. The fourth-order valence-electron chi connectivity index (χ4n) is 1.70. The van der Waals surface area contributed by atoms with Gasteiger partial charge >= 0.3 is 0 Å². The van der Waals surface area contributed by atoms with Crippen LogP contribution < -0.4 is 5.32 Å². The number of aryl methyl sites for hydroxylation is 1. The summed E-state index contributed by atoms with van der Waals surface area (Å²) in [5, 5.41) is 12.0. The van der Waals surface area contributed by atoms with Crippen LogP contribution in [-0.2, 0) is 11.2 Å². The van der Waals surface area contributed by atoms with E-state index in [1.807, 2.05) is 12.1 Å². The molecular formula is C16H16FN3OS. The van der Waals surface area contributed by atoms with Gasteiger partial charge in [0.25, 0.3) is 0 Å². The third kappa shape index (κ3) is 3.68. The van der Waals surface area contributed by atoms with Crippen LogP contribution in [0.3, 0.4) is 0 Å². The van der Waals surface area contributed by atoms with Gasteiger partial charge in [0.2, 0.25) is 5.91 Å². The molecule has 0 saturated carbocycles. The van der Waals surface area contributed by atoms with E-state index >= 15 is 0 Å². The van der Waals surface area contributed by atoms with Crippen LogP contribution in [0.5, 0.6) is 0 Å². The van der Waals surface area contributed by atoms with Crippen molar-refractivity contribution < 1.29 is 9.18 Å². The number of halogens is 1. The lowest BCUT2D eigenvalue weighted by atomic mass is 9.95. The van der Waals surface area contributed by atoms with Gasteiger partial charge in [-0.1, -0.05) is 12.1 Å². The third-order valence-electron chi connectivity index (χ3n) is 3.24. The van der Waals surface area contributed by atoms with Gasteiger partial charge in [0.1, 0.15) is 11.2 Å². The van der Waals surface area contributed by atoms with E-state index in [-0.39, 0.29) is 5.82 Å². The summed E-state index contributed by atoms with van der Waals surface area (Å²) in [4.78, 5) is 16.9. The number of hydrogen-bond acceptors (Lipinski definition) is 4. The normalized spacial score (nSPS) is 11.0. The Kier molecular flexibility index (Phi) is 4.57. The molecule has 0 aliphatic rings. The number of amides is 1. The Morgan fingerprint density at radius 3 is 2.86 bits per heavy atom. The molecular weight excluding hydrogens is 301 g/mol. The second-order valence-corrected chi connectivity index (χ2v) is 6.70. The lowest BCUT2D eigenvalue weighted by Crippen LogP contribution is -2.29. The van der Waals surface area contributed by atoms with E-state index in [4.69, 9.17) is 5.26 Å². The second-order valence-electron chi connectivity index (χ2n) is 5.58. The Bertz CT molecular complexity index is 746. The molecule has 0 fully saturated rings. The second kappa shape index (κ2) is 6.24. The Labute approximate surface area is 132 Å². The molecule has 22 heavy (non-hydrogen) atoms. The lowest BCUT2D eigenvalue weighted by molar-refractivity contribution is -0.121. The van der Waals surface area contributed by atoms with Crippen molar-refractivity contribution >= 4 is 22.4 Å². The highest BCUT2D eigenvalue weighted by Crippen LogP contribution is 2.24. The van der Waals surface area contributed by atoms with E-state index in [0.717, 1.165) is 10.4 Å². The monoisotopic (exact) mass is 317 g/mol. The van der Waals surface area contributed by atoms with Crippen molar-refractivity contribution in [3.8, 4) is 6.07 Å². The molecule has 6 heteroatoms. The molecule has 0 bridgehead atoms.